The first kappa shape index (κ1) is 44.8. The van der Waals surface area contributed by atoms with Crippen LogP contribution in [0.25, 0.3) is 0 Å². The third kappa shape index (κ3) is 928. The molecule has 0 aliphatic heterocycles. The molecule has 0 aliphatic rings. The van der Waals surface area contributed by atoms with Gasteiger partial charge in [0.25, 0.3) is 0 Å². The molecule has 22 heavy (non-hydrogen) atoms. The maximum absolute atomic E-state index is 8.62. The minimum atomic E-state index is -4.34. The Morgan fingerprint density at radius 3 is 0.364 bits per heavy atom. The van der Waals surface area contributed by atoms with E-state index in [2.05, 4.69) is 0 Å². The maximum atomic E-state index is 8.62. The van der Waals surface area contributed by atoms with Gasteiger partial charge in [-0.05, 0) is 0 Å². The first-order valence-corrected chi connectivity index (χ1v) is 22.4. The Morgan fingerprint density at radius 1 is 0.364 bits per heavy atom. The van der Waals surface area contributed by atoms with Crippen molar-refractivity contribution in [2.24, 2.45) is 0 Å². The molecule has 0 saturated carbocycles. The summed E-state index contributed by atoms with van der Waals surface area (Å²) in [6.07, 6.45) is 0. The molecule has 22 heteroatoms. The van der Waals surface area contributed by atoms with Crippen LogP contribution in [0.4, 0.5) is 0 Å². The number of hydrogen-bond acceptors (Lipinski definition) is 15. The molecule has 0 aliphatic carbocycles. The molecular weight excluding hydrogens is 1320 g/mol. The standard InChI is InChI=1S/Mg.15O.Sm.5Ta/q+2;;;;;;;;;;;5*-1;+3;;;;;. The van der Waals surface area contributed by atoms with Gasteiger partial charge in [-0.2, -0.15) is 0 Å². The summed E-state index contributed by atoms with van der Waals surface area (Å²) in [7, 11) is 0. The average Bonchev–Trinajstić information content (AvgIpc) is 1.94. The zero-order valence-corrected chi connectivity index (χ0v) is 29.6. The topological polar surface area (TPSA) is 286 Å². The smallest absolute Gasteiger partial charge is 3.00 e. The fraction of sp³-hybridized carbons (Fsp3) is 0. The number of hydrogen-bond donors (Lipinski definition) is 0. The van der Waals surface area contributed by atoms with Gasteiger partial charge >= 0.3 is 208 Å². The molecule has 0 aromatic rings. The van der Waals surface area contributed by atoms with Gasteiger partial charge in [-0.25, -0.2) is 0 Å². The molecule has 0 rings (SSSR count). The van der Waals surface area contributed by atoms with Crippen molar-refractivity contribution in [2.75, 3.05) is 0 Å². The second kappa shape index (κ2) is 39.6. The minimum absolute atomic E-state index is 0. The van der Waals surface area contributed by atoms with E-state index >= 15 is 0 Å². The van der Waals surface area contributed by atoms with Crippen LogP contribution in [0.1, 0.15) is 0 Å². The van der Waals surface area contributed by atoms with Crippen molar-refractivity contribution in [3.05, 3.63) is 0 Å². The van der Waals surface area contributed by atoms with Crippen LogP contribution in [0, 0.1) is 40.4 Å². The molecule has 0 unspecified atom stereocenters. The van der Waals surface area contributed by atoms with Crippen molar-refractivity contribution in [3.63, 3.8) is 0 Å². The van der Waals surface area contributed by atoms with E-state index in [0.29, 0.717) is 0 Å². The summed E-state index contributed by atoms with van der Waals surface area (Å²) in [5.74, 6) is 0. The Hall–Kier alpha value is 3.61. The van der Waals surface area contributed by atoms with E-state index in [-0.39, 0.29) is 63.4 Å². The average molecular weight is 1320 g/mol. The third-order valence-electron chi connectivity index (χ3n) is 0. The van der Waals surface area contributed by atoms with Crippen molar-refractivity contribution in [3.8, 4) is 0 Å². The molecule has 0 spiro atoms. The van der Waals surface area contributed by atoms with Gasteiger partial charge in [-0.3, -0.25) is 0 Å². The molecule has 1 radical (unpaired) electrons. The van der Waals surface area contributed by atoms with Gasteiger partial charge in [0.15, 0.2) is 0 Å². The predicted octanol–water partition coefficient (Wildman–Crippen LogP) is -7.53. The van der Waals surface area contributed by atoms with E-state index < -0.39 is 93.9 Å². The summed E-state index contributed by atoms with van der Waals surface area (Å²) < 4.78 is 129. The first-order valence-electron chi connectivity index (χ1n) is 2.74. The van der Waals surface area contributed by atoms with Gasteiger partial charge in [0.05, 0.1) is 0 Å². The Kier molecular flexibility index (Phi) is 80.6. The summed E-state index contributed by atoms with van der Waals surface area (Å²) >= 11 is -21.7. The molecule has 0 atom stereocenters. The van der Waals surface area contributed by atoms with Gasteiger partial charge in [-0.1, -0.05) is 0 Å². The van der Waals surface area contributed by atoms with Crippen LogP contribution in [0.5, 0.6) is 0 Å². The van der Waals surface area contributed by atoms with E-state index in [1.165, 1.54) is 0 Å². The SMILES string of the molecule is [Mg+2].[O]=[Ta](=[O])[O-].[O]=[Ta](=[O])[O-].[O]=[Ta](=[O])[O-].[O]=[Ta](=[O])[O-].[O]=[Ta](=[O])[O-].[Sm+3]. The van der Waals surface area contributed by atoms with Crippen molar-refractivity contribution in [1.82, 2.24) is 0 Å². The third-order valence-corrected chi connectivity index (χ3v) is 0. The van der Waals surface area contributed by atoms with Gasteiger partial charge < -0.3 is 0 Å². The summed E-state index contributed by atoms with van der Waals surface area (Å²) in [6.45, 7) is 0. The fourth-order valence-electron chi connectivity index (χ4n) is 0. The van der Waals surface area contributed by atoms with Crippen molar-refractivity contribution in [1.29, 1.82) is 0 Å². The second-order valence-electron chi connectivity index (χ2n) is 1.12. The van der Waals surface area contributed by atoms with Crippen molar-refractivity contribution < 1.29 is 185 Å². The zero-order chi connectivity index (χ0) is 17.9. The quantitative estimate of drug-likeness (QED) is 0.204. The molecule has 0 amide bonds. The molecule has 15 nitrogen and oxygen atoms in total. The van der Waals surface area contributed by atoms with Crippen LogP contribution in [-0.2, 0) is 126 Å². The zero-order valence-electron chi connectivity index (χ0n) is 9.48. The molecule has 0 aromatic heterocycles. The van der Waals surface area contributed by atoms with E-state index in [1.54, 1.807) is 0 Å². The summed E-state index contributed by atoms with van der Waals surface area (Å²) in [6, 6.07) is 0. The molecule has 0 N–H and O–H groups in total. The van der Waals surface area contributed by atoms with Crippen LogP contribution in [0.2, 0.25) is 0 Å². The summed E-state index contributed by atoms with van der Waals surface area (Å²) in [4.78, 5) is 0. The minimum Gasteiger partial charge on any atom is 3.00 e. The van der Waals surface area contributed by atoms with Crippen LogP contribution in [0.15, 0.2) is 0 Å². The van der Waals surface area contributed by atoms with Crippen LogP contribution >= 0.6 is 0 Å². The van der Waals surface area contributed by atoms with E-state index in [9.17, 15) is 0 Å². The van der Waals surface area contributed by atoms with Crippen LogP contribution in [-0.4, -0.2) is 23.1 Å². The second-order valence-corrected chi connectivity index (χ2v) is 9.15. The fourth-order valence-corrected chi connectivity index (χ4v) is 0. The number of rotatable bonds is 0. The molecule has 0 fully saturated rings. The Balaban J connectivity index is -0.0000000250. The molecule has 0 bridgehead atoms. The van der Waals surface area contributed by atoms with Gasteiger partial charge in [0.2, 0.25) is 0 Å². The van der Waals surface area contributed by atoms with Crippen molar-refractivity contribution in [2.45, 2.75) is 0 Å². The molecule has 0 aromatic carbocycles. The van der Waals surface area contributed by atoms with E-state index in [4.69, 9.17) is 50.6 Å². The monoisotopic (exact) mass is 1320 g/mol. The van der Waals surface area contributed by atoms with Gasteiger partial charge in [-0.15, -0.1) is 0 Å². The predicted molar refractivity (Wildman–Crippen MR) is 12.6 cm³/mol. The van der Waals surface area contributed by atoms with Crippen LogP contribution < -0.4 is 18.1 Å². The molecule has 0 heterocycles. The molecular formula is MgO15SmTa5. The van der Waals surface area contributed by atoms with Crippen LogP contribution in [0.3, 0.4) is 0 Å². The normalized spacial score (nSPS) is 5.68. The largest absolute Gasteiger partial charge is 3.00 e. The molecule has 0 saturated heterocycles. The summed E-state index contributed by atoms with van der Waals surface area (Å²) in [5, 5.41) is 0. The Labute approximate surface area is 203 Å². The Bertz CT molecular complexity index is 386. The van der Waals surface area contributed by atoms with Gasteiger partial charge in [0, 0.05) is 0 Å². The van der Waals surface area contributed by atoms with E-state index in [1.807, 2.05) is 0 Å². The summed E-state index contributed by atoms with van der Waals surface area (Å²) in [5.41, 5.74) is 0. The van der Waals surface area contributed by atoms with E-state index in [0.717, 1.165) is 0 Å². The van der Waals surface area contributed by atoms with Crippen molar-refractivity contribution >= 4 is 23.1 Å². The first-order chi connectivity index (χ1) is 8.66. The maximum Gasteiger partial charge on any atom is 3.00 e. The van der Waals surface area contributed by atoms with Gasteiger partial charge in [0.1, 0.15) is 0 Å². The Morgan fingerprint density at radius 2 is 0.364 bits per heavy atom. The molecule has 123 valence electrons.